The maximum atomic E-state index is 11.3. The number of carbonyl (C=O) groups is 2. The monoisotopic (exact) mass is 319 g/mol. The standard InChI is InChI=1S/C8H13NO4.Cs/c10-7(1-2-8(11)12)9-3-5-13-6-4-9;/h1-6H2,(H,11,12);/q;+1/p-1. The molecule has 14 heavy (non-hydrogen) atoms. The second kappa shape index (κ2) is 8.14. The molecular weight excluding hydrogens is 307 g/mol. The average molecular weight is 319 g/mol. The molecule has 0 spiro atoms. The summed E-state index contributed by atoms with van der Waals surface area (Å²) in [6.07, 6.45) is -0.168. The van der Waals surface area contributed by atoms with Crippen molar-refractivity contribution in [2.75, 3.05) is 26.3 Å². The first kappa shape index (κ1) is 15.0. The molecule has 0 aliphatic carbocycles. The summed E-state index contributed by atoms with van der Waals surface area (Å²) in [5, 5.41) is 10.1. The summed E-state index contributed by atoms with van der Waals surface area (Å²) in [6, 6.07) is 0. The van der Waals surface area contributed by atoms with Crippen LogP contribution in [0.4, 0.5) is 0 Å². The van der Waals surface area contributed by atoms with Crippen LogP contribution in [0.1, 0.15) is 12.8 Å². The normalized spacial score (nSPS) is 15.9. The number of carboxylic acid groups (broad SMARTS) is 1. The van der Waals surface area contributed by atoms with E-state index in [9.17, 15) is 14.7 Å². The van der Waals surface area contributed by atoms with Crippen molar-refractivity contribution in [2.45, 2.75) is 12.8 Å². The molecule has 1 aliphatic rings. The van der Waals surface area contributed by atoms with Gasteiger partial charge in [0, 0.05) is 25.5 Å². The van der Waals surface area contributed by atoms with Crippen LogP contribution >= 0.6 is 0 Å². The Balaban J connectivity index is 0.00000169. The molecular formula is C8H12CsNO4. The minimum Gasteiger partial charge on any atom is -0.550 e. The molecule has 1 amide bonds. The number of carboxylic acids is 1. The van der Waals surface area contributed by atoms with Gasteiger partial charge >= 0.3 is 68.9 Å². The van der Waals surface area contributed by atoms with Gasteiger partial charge in [0.25, 0.3) is 0 Å². The summed E-state index contributed by atoms with van der Waals surface area (Å²) in [4.78, 5) is 23.0. The number of carbonyl (C=O) groups excluding carboxylic acids is 2. The molecule has 0 aromatic heterocycles. The van der Waals surface area contributed by atoms with E-state index in [1.165, 1.54) is 0 Å². The fourth-order valence-electron chi connectivity index (χ4n) is 1.18. The Labute approximate surface area is 142 Å². The minimum atomic E-state index is -1.18. The molecule has 0 radical (unpaired) electrons. The van der Waals surface area contributed by atoms with Crippen molar-refractivity contribution in [3.63, 3.8) is 0 Å². The molecule has 5 nitrogen and oxygen atoms in total. The van der Waals surface area contributed by atoms with Gasteiger partial charge in [0.2, 0.25) is 5.91 Å². The summed E-state index contributed by atoms with van der Waals surface area (Å²) in [5.74, 6) is -1.31. The van der Waals surface area contributed by atoms with Crippen LogP contribution in [0, 0.1) is 0 Å². The van der Waals surface area contributed by atoms with Crippen molar-refractivity contribution < 1.29 is 88.3 Å². The molecule has 0 unspecified atom stereocenters. The summed E-state index contributed by atoms with van der Waals surface area (Å²) < 4.78 is 5.05. The average Bonchev–Trinajstić information content (AvgIpc) is 2.15. The van der Waals surface area contributed by atoms with Gasteiger partial charge < -0.3 is 19.5 Å². The van der Waals surface area contributed by atoms with Gasteiger partial charge in [-0.1, -0.05) is 0 Å². The Morgan fingerprint density at radius 3 is 2.29 bits per heavy atom. The fraction of sp³-hybridized carbons (Fsp3) is 0.750. The molecule has 0 atom stereocenters. The van der Waals surface area contributed by atoms with E-state index >= 15 is 0 Å². The zero-order valence-corrected chi connectivity index (χ0v) is 14.6. The maximum Gasteiger partial charge on any atom is 1.00 e. The van der Waals surface area contributed by atoms with E-state index in [-0.39, 0.29) is 87.6 Å². The second-order valence-corrected chi connectivity index (χ2v) is 2.87. The number of hydrogen-bond acceptors (Lipinski definition) is 4. The van der Waals surface area contributed by atoms with Crippen LogP contribution in [-0.4, -0.2) is 43.1 Å². The Hall–Kier alpha value is 0.952. The number of aliphatic carboxylic acids is 1. The van der Waals surface area contributed by atoms with Gasteiger partial charge in [0.05, 0.1) is 13.2 Å². The first-order valence-corrected chi connectivity index (χ1v) is 4.25. The third kappa shape index (κ3) is 5.74. The second-order valence-electron chi connectivity index (χ2n) is 2.87. The van der Waals surface area contributed by atoms with Gasteiger partial charge in [0.15, 0.2) is 0 Å². The first-order chi connectivity index (χ1) is 6.20. The van der Waals surface area contributed by atoms with Gasteiger partial charge in [-0.05, 0) is 6.42 Å². The van der Waals surface area contributed by atoms with Gasteiger partial charge in [-0.2, -0.15) is 0 Å². The van der Waals surface area contributed by atoms with E-state index in [2.05, 4.69) is 0 Å². The summed E-state index contributed by atoms with van der Waals surface area (Å²) in [5.41, 5.74) is 0. The minimum absolute atomic E-state index is 0. The predicted molar refractivity (Wildman–Crippen MR) is 41.6 cm³/mol. The van der Waals surface area contributed by atoms with Crippen molar-refractivity contribution >= 4 is 11.9 Å². The van der Waals surface area contributed by atoms with Gasteiger partial charge in [-0.15, -0.1) is 0 Å². The van der Waals surface area contributed by atoms with Gasteiger partial charge in [-0.3, -0.25) is 4.79 Å². The SMILES string of the molecule is O=C([O-])CCC(=O)N1CCOCC1.[Cs+]. The molecule has 0 aromatic carbocycles. The summed E-state index contributed by atoms with van der Waals surface area (Å²) in [6.45, 7) is 2.20. The molecule has 1 saturated heterocycles. The molecule has 1 fully saturated rings. The van der Waals surface area contributed by atoms with Crippen LogP contribution in [0.3, 0.4) is 0 Å². The molecule has 0 bridgehead atoms. The molecule has 1 rings (SSSR count). The van der Waals surface area contributed by atoms with Crippen molar-refractivity contribution in [1.82, 2.24) is 4.90 Å². The third-order valence-electron chi connectivity index (χ3n) is 1.91. The van der Waals surface area contributed by atoms with E-state index < -0.39 is 5.97 Å². The molecule has 1 heterocycles. The molecule has 0 saturated carbocycles. The topological polar surface area (TPSA) is 69.7 Å². The van der Waals surface area contributed by atoms with Crippen LogP contribution in [-0.2, 0) is 14.3 Å². The van der Waals surface area contributed by atoms with Crippen molar-refractivity contribution in [1.29, 1.82) is 0 Å². The van der Waals surface area contributed by atoms with E-state index in [4.69, 9.17) is 4.74 Å². The molecule has 6 heteroatoms. The maximum absolute atomic E-state index is 11.3. The number of ether oxygens (including phenoxy) is 1. The van der Waals surface area contributed by atoms with Crippen molar-refractivity contribution in [2.24, 2.45) is 0 Å². The number of rotatable bonds is 3. The van der Waals surface area contributed by atoms with Crippen molar-refractivity contribution in [3.8, 4) is 0 Å². The van der Waals surface area contributed by atoms with Gasteiger partial charge in [-0.25, -0.2) is 0 Å². The number of hydrogen-bond donors (Lipinski definition) is 0. The Kier molecular flexibility index (Phi) is 8.70. The predicted octanol–water partition coefficient (Wildman–Crippen LogP) is -4.62. The number of amides is 1. The number of nitrogens with zero attached hydrogens (tertiary/aromatic N) is 1. The molecule has 0 N–H and O–H groups in total. The van der Waals surface area contributed by atoms with Crippen LogP contribution in [0.2, 0.25) is 0 Å². The van der Waals surface area contributed by atoms with Crippen molar-refractivity contribution in [3.05, 3.63) is 0 Å². The van der Waals surface area contributed by atoms with Crippen LogP contribution < -0.4 is 74.0 Å². The smallest absolute Gasteiger partial charge is 0.550 e. The quantitative estimate of drug-likeness (QED) is 0.525. The third-order valence-corrected chi connectivity index (χ3v) is 1.91. The first-order valence-electron chi connectivity index (χ1n) is 4.25. The van der Waals surface area contributed by atoms with E-state index in [0.717, 1.165) is 0 Å². The Morgan fingerprint density at radius 2 is 1.79 bits per heavy atom. The van der Waals surface area contributed by atoms with Crippen LogP contribution in [0.15, 0.2) is 0 Å². The molecule has 0 aromatic rings. The van der Waals surface area contributed by atoms with E-state index in [1.54, 1.807) is 4.90 Å². The summed E-state index contributed by atoms with van der Waals surface area (Å²) >= 11 is 0. The number of morpholine rings is 1. The molecule has 74 valence electrons. The zero-order chi connectivity index (χ0) is 9.68. The van der Waals surface area contributed by atoms with E-state index in [1.807, 2.05) is 0 Å². The van der Waals surface area contributed by atoms with Crippen LogP contribution in [0.25, 0.3) is 0 Å². The van der Waals surface area contributed by atoms with Gasteiger partial charge in [0.1, 0.15) is 0 Å². The fourth-order valence-corrected chi connectivity index (χ4v) is 1.18. The summed E-state index contributed by atoms with van der Waals surface area (Å²) in [7, 11) is 0. The largest absolute Gasteiger partial charge is 1.00 e. The Morgan fingerprint density at radius 1 is 1.21 bits per heavy atom. The van der Waals surface area contributed by atoms with Crippen LogP contribution in [0.5, 0.6) is 0 Å². The van der Waals surface area contributed by atoms with E-state index in [0.29, 0.717) is 26.3 Å². The Bertz CT molecular complexity index is 204. The zero-order valence-electron chi connectivity index (χ0n) is 8.32. The molecule has 1 aliphatic heterocycles.